The maximum Gasteiger partial charge on any atom is 0.258 e. The van der Waals surface area contributed by atoms with E-state index in [0.717, 1.165) is 5.69 Å². The van der Waals surface area contributed by atoms with Crippen LogP contribution in [0.2, 0.25) is 0 Å². The minimum Gasteiger partial charge on any atom is -0.358 e. The van der Waals surface area contributed by atoms with E-state index in [-0.39, 0.29) is 11.9 Å². The van der Waals surface area contributed by atoms with Crippen LogP contribution in [0, 0.1) is 0 Å². The maximum absolute atomic E-state index is 12.1. The highest BCUT2D eigenvalue weighted by atomic mass is 16.5. The smallest absolute Gasteiger partial charge is 0.258 e. The molecule has 1 saturated heterocycles. The Bertz CT molecular complexity index is 442. The number of nitrogens with zero attached hydrogens (tertiary/aromatic N) is 2. The zero-order valence-electron chi connectivity index (χ0n) is 8.09. The second-order valence-electron chi connectivity index (χ2n) is 3.64. The summed E-state index contributed by atoms with van der Waals surface area (Å²) in [7, 11) is 0. The van der Waals surface area contributed by atoms with E-state index in [1.807, 2.05) is 18.2 Å². The number of carbonyl (C=O) groups excluding carboxylic acids is 1. The molecule has 2 aliphatic heterocycles. The normalized spacial score (nSPS) is 23.6. The zero-order chi connectivity index (χ0) is 10.3. The fraction of sp³-hybridized carbons (Fsp3) is 0.273. The van der Waals surface area contributed by atoms with Crippen LogP contribution in [0.25, 0.3) is 0 Å². The van der Waals surface area contributed by atoms with Crippen LogP contribution in [0.15, 0.2) is 29.3 Å². The standard InChI is InChI=1S/C11H10N2O2/c14-11-9-3-1-2-4-10(9)12-5-8-6-15-7-13(8)11/h1-5,8H,6-7H2. The van der Waals surface area contributed by atoms with E-state index in [0.29, 0.717) is 18.9 Å². The Morgan fingerprint density at radius 3 is 3.20 bits per heavy atom. The van der Waals surface area contributed by atoms with Gasteiger partial charge in [-0.25, -0.2) is 0 Å². The summed E-state index contributed by atoms with van der Waals surface area (Å²) in [4.78, 5) is 18.1. The predicted octanol–water partition coefficient (Wildman–Crippen LogP) is 1.20. The minimum absolute atomic E-state index is 0.00519. The van der Waals surface area contributed by atoms with Crippen LogP contribution in [0.5, 0.6) is 0 Å². The van der Waals surface area contributed by atoms with Gasteiger partial charge in [0.25, 0.3) is 5.91 Å². The van der Waals surface area contributed by atoms with Gasteiger partial charge >= 0.3 is 0 Å². The third kappa shape index (κ3) is 1.26. The van der Waals surface area contributed by atoms with Gasteiger partial charge in [0, 0.05) is 6.21 Å². The Balaban J connectivity index is 2.12. The molecule has 3 rings (SSSR count). The lowest BCUT2D eigenvalue weighted by atomic mass is 10.1. The number of ether oxygens (including phenoxy) is 1. The Hall–Kier alpha value is -1.68. The van der Waals surface area contributed by atoms with Gasteiger partial charge in [0.15, 0.2) is 0 Å². The van der Waals surface area contributed by atoms with Gasteiger partial charge in [-0.3, -0.25) is 9.79 Å². The predicted molar refractivity (Wildman–Crippen MR) is 55.4 cm³/mol. The van der Waals surface area contributed by atoms with Crippen LogP contribution >= 0.6 is 0 Å². The van der Waals surface area contributed by atoms with Crippen molar-refractivity contribution in [2.75, 3.05) is 13.3 Å². The second-order valence-corrected chi connectivity index (χ2v) is 3.64. The summed E-state index contributed by atoms with van der Waals surface area (Å²) in [5.41, 5.74) is 1.40. The fourth-order valence-electron chi connectivity index (χ4n) is 1.88. The van der Waals surface area contributed by atoms with Crippen LogP contribution in [0.4, 0.5) is 5.69 Å². The molecule has 1 atom stereocenters. The molecular weight excluding hydrogens is 192 g/mol. The Morgan fingerprint density at radius 2 is 2.27 bits per heavy atom. The average molecular weight is 202 g/mol. The largest absolute Gasteiger partial charge is 0.358 e. The van der Waals surface area contributed by atoms with Crippen LogP contribution < -0.4 is 0 Å². The molecule has 0 radical (unpaired) electrons. The van der Waals surface area contributed by atoms with Gasteiger partial charge in [-0.05, 0) is 12.1 Å². The average Bonchev–Trinajstić information content (AvgIpc) is 2.69. The van der Waals surface area contributed by atoms with E-state index < -0.39 is 0 Å². The van der Waals surface area contributed by atoms with Crippen molar-refractivity contribution in [2.45, 2.75) is 6.04 Å². The Labute approximate surface area is 87.2 Å². The first kappa shape index (κ1) is 8.61. The summed E-state index contributed by atoms with van der Waals surface area (Å²) in [6, 6.07) is 7.38. The number of aliphatic imine (C=N–C) groups is 1. The molecule has 2 heterocycles. The minimum atomic E-state index is -0.00935. The molecule has 0 saturated carbocycles. The third-order valence-electron chi connectivity index (χ3n) is 2.70. The lowest BCUT2D eigenvalue weighted by molar-refractivity contribution is 0.0684. The van der Waals surface area contributed by atoms with Crippen molar-refractivity contribution in [3.8, 4) is 0 Å². The number of hydrogen-bond acceptors (Lipinski definition) is 3. The summed E-state index contributed by atoms with van der Waals surface area (Å²) in [5.74, 6) is 0.00519. The first-order valence-corrected chi connectivity index (χ1v) is 4.88. The summed E-state index contributed by atoms with van der Waals surface area (Å²) >= 11 is 0. The number of benzene rings is 1. The number of fused-ring (bicyclic) bond motifs is 2. The summed E-state index contributed by atoms with van der Waals surface area (Å²) in [5, 5.41) is 0. The lowest BCUT2D eigenvalue weighted by Crippen LogP contribution is -2.36. The molecule has 0 spiro atoms. The van der Waals surface area contributed by atoms with Crippen molar-refractivity contribution in [3.63, 3.8) is 0 Å². The van der Waals surface area contributed by atoms with Gasteiger partial charge in [-0.2, -0.15) is 0 Å². The van der Waals surface area contributed by atoms with Crippen LogP contribution in [-0.2, 0) is 4.74 Å². The maximum atomic E-state index is 12.1. The molecule has 0 aliphatic carbocycles. The van der Waals surface area contributed by atoms with Gasteiger partial charge in [0.1, 0.15) is 6.73 Å². The van der Waals surface area contributed by atoms with E-state index in [1.165, 1.54) is 0 Å². The quantitative estimate of drug-likeness (QED) is 0.634. The highest BCUT2D eigenvalue weighted by Crippen LogP contribution is 2.25. The molecule has 1 aromatic rings. The van der Waals surface area contributed by atoms with E-state index in [9.17, 15) is 4.79 Å². The number of carbonyl (C=O) groups is 1. The van der Waals surface area contributed by atoms with Gasteiger partial charge in [-0.15, -0.1) is 0 Å². The summed E-state index contributed by atoms with van der Waals surface area (Å²) < 4.78 is 5.25. The van der Waals surface area contributed by atoms with Gasteiger partial charge in [0.2, 0.25) is 0 Å². The highest BCUT2D eigenvalue weighted by Gasteiger charge is 2.31. The monoisotopic (exact) mass is 202 g/mol. The van der Waals surface area contributed by atoms with Gasteiger partial charge < -0.3 is 9.64 Å². The molecule has 0 N–H and O–H groups in total. The number of para-hydroxylation sites is 1. The van der Waals surface area contributed by atoms with Crippen LogP contribution in [0.1, 0.15) is 10.4 Å². The van der Waals surface area contributed by atoms with E-state index in [4.69, 9.17) is 4.74 Å². The fourth-order valence-corrected chi connectivity index (χ4v) is 1.88. The molecule has 4 heteroatoms. The van der Waals surface area contributed by atoms with E-state index >= 15 is 0 Å². The number of hydrogen-bond donors (Lipinski definition) is 0. The van der Waals surface area contributed by atoms with E-state index in [1.54, 1.807) is 17.2 Å². The molecule has 1 aromatic carbocycles. The molecule has 15 heavy (non-hydrogen) atoms. The van der Waals surface area contributed by atoms with E-state index in [2.05, 4.69) is 4.99 Å². The topological polar surface area (TPSA) is 41.9 Å². The SMILES string of the molecule is O=C1c2ccccc2N=CC2COCN12. The van der Waals surface area contributed by atoms with Gasteiger partial charge in [0.05, 0.1) is 23.9 Å². The van der Waals surface area contributed by atoms with Gasteiger partial charge in [-0.1, -0.05) is 12.1 Å². The highest BCUT2D eigenvalue weighted by molar-refractivity contribution is 6.02. The molecule has 2 aliphatic rings. The van der Waals surface area contributed by atoms with Crippen molar-refractivity contribution < 1.29 is 9.53 Å². The molecule has 1 fully saturated rings. The molecule has 1 unspecified atom stereocenters. The summed E-state index contributed by atoms with van der Waals surface area (Å²) in [6.07, 6.45) is 1.79. The third-order valence-corrected chi connectivity index (χ3v) is 2.70. The lowest BCUT2D eigenvalue weighted by Gasteiger charge is -2.17. The molecule has 76 valence electrons. The first-order chi connectivity index (χ1) is 7.36. The number of amides is 1. The molecule has 0 bridgehead atoms. The molecular formula is C11H10N2O2. The number of rotatable bonds is 0. The second kappa shape index (κ2) is 3.17. The van der Waals surface area contributed by atoms with Crippen molar-refractivity contribution in [1.82, 2.24) is 4.90 Å². The first-order valence-electron chi connectivity index (χ1n) is 4.88. The molecule has 4 nitrogen and oxygen atoms in total. The van der Waals surface area contributed by atoms with Crippen molar-refractivity contribution in [1.29, 1.82) is 0 Å². The Morgan fingerprint density at radius 1 is 1.40 bits per heavy atom. The molecule has 1 amide bonds. The Kier molecular flexibility index (Phi) is 1.82. The van der Waals surface area contributed by atoms with Crippen LogP contribution in [0.3, 0.4) is 0 Å². The zero-order valence-corrected chi connectivity index (χ0v) is 8.09. The van der Waals surface area contributed by atoms with Crippen molar-refractivity contribution in [2.24, 2.45) is 4.99 Å². The molecule has 0 aromatic heterocycles. The van der Waals surface area contributed by atoms with Crippen molar-refractivity contribution in [3.05, 3.63) is 29.8 Å². The summed E-state index contributed by atoms with van der Waals surface area (Å²) in [6.45, 7) is 0.910. The van der Waals surface area contributed by atoms with Crippen LogP contribution in [-0.4, -0.2) is 36.4 Å². The van der Waals surface area contributed by atoms with Crippen molar-refractivity contribution >= 4 is 17.8 Å².